The van der Waals surface area contributed by atoms with Gasteiger partial charge in [0.25, 0.3) is 0 Å². The second kappa shape index (κ2) is 18.7. The van der Waals surface area contributed by atoms with E-state index in [1.807, 2.05) is 0 Å². The number of carboxylic acids is 2. The van der Waals surface area contributed by atoms with Crippen molar-refractivity contribution in [2.24, 2.45) is 47.3 Å². The van der Waals surface area contributed by atoms with Gasteiger partial charge in [-0.25, -0.2) is 0 Å². The molecule has 0 bridgehead atoms. The van der Waals surface area contributed by atoms with Crippen LogP contribution in [0.1, 0.15) is 91.9 Å². The minimum absolute atomic E-state index is 0. The van der Waals surface area contributed by atoms with E-state index in [9.17, 15) is 19.8 Å². The van der Waals surface area contributed by atoms with Crippen LogP contribution < -0.4 is 44.8 Å². The molecule has 10 atom stereocenters. The van der Waals surface area contributed by atoms with Gasteiger partial charge in [-0.2, -0.15) is 0 Å². The van der Waals surface area contributed by atoms with Crippen molar-refractivity contribution in [2.45, 2.75) is 91.9 Å². The van der Waals surface area contributed by atoms with E-state index in [1.54, 1.807) is 0 Å². The number of nitrogens with zero attached hydrogens (tertiary/aromatic N) is 2. The maximum Gasteiger partial charge on any atom is 0.129 e. The molecule has 0 saturated carbocycles. The Morgan fingerprint density at radius 1 is 0.500 bits per heavy atom. The fourth-order valence-corrected chi connectivity index (χ4v) is 12.1. The van der Waals surface area contributed by atoms with E-state index in [-0.39, 0.29) is 37.9 Å². The highest BCUT2D eigenvalue weighted by Crippen LogP contribution is 2.43. The van der Waals surface area contributed by atoms with E-state index >= 15 is 0 Å². The number of nitrogens with one attached hydrogen (secondary N) is 2. The van der Waals surface area contributed by atoms with Gasteiger partial charge in [-0.15, -0.1) is 0 Å². The predicted molar refractivity (Wildman–Crippen MR) is 177 cm³/mol. The number of rotatable bonds is 16. The smallest absolute Gasteiger partial charge is 0.129 e. The van der Waals surface area contributed by atoms with Gasteiger partial charge in [-0.05, 0) is 51.4 Å². The van der Waals surface area contributed by atoms with Crippen LogP contribution in [-0.4, -0.2) is 113 Å². The van der Waals surface area contributed by atoms with Crippen molar-refractivity contribution in [3.8, 4) is 0 Å². The van der Waals surface area contributed by atoms with Crippen LogP contribution in [0, 0.1) is 47.3 Å². The molecule has 2 spiro atoms. The molecule has 0 radical (unpaired) electrons. The summed E-state index contributed by atoms with van der Waals surface area (Å²) < 4.78 is 2.74. The lowest BCUT2D eigenvalue weighted by atomic mass is 9.80. The summed E-state index contributed by atoms with van der Waals surface area (Å²) in [6.07, 6.45) is 12.6. The quantitative estimate of drug-likeness (QED) is 0.156. The summed E-state index contributed by atoms with van der Waals surface area (Å²) in [6.45, 7) is 24.7. The largest absolute Gasteiger partial charge is 1.00 e. The molecule has 2 N–H and O–H groups in total. The molecule has 5 fully saturated rings. The molecule has 10 unspecified atom stereocenters. The van der Waals surface area contributed by atoms with Crippen molar-refractivity contribution in [1.29, 1.82) is 0 Å². The normalized spacial score (nSPS) is 40.7. The Bertz CT molecular complexity index is 941. The molecule has 0 aliphatic carbocycles. The van der Waals surface area contributed by atoms with Gasteiger partial charge in [-0.1, -0.05) is 40.5 Å². The predicted octanol–water partition coefficient (Wildman–Crippen LogP) is -6.12. The molecular weight excluding hydrogens is 647 g/mol. The topological polar surface area (TPSA) is 89.1 Å². The Hall–Kier alpha value is -0.640. The number of quaternary nitrogens is 4. The summed E-state index contributed by atoms with van der Waals surface area (Å²) in [5.74, 6) is 4.15. The van der Waals surface area contributed by atoms with Crippen molar-refractivity contribution in [3.05, 3.63) is 0 Å². The van der Waals surface area contributed by atoms with Gasteiger partial charge in [0.05, 0.1) is 64.3 Å². The molecule has 5 heterocycles. The zero-order chi connectivity index (χ0) is 32.9. The molecule has 5 saturated heterocycles. The number of carbonyl (C=O) groups excluding carboxylic acids is 2. The van der Waals surface area contributed by atoms with Gasteiger partial charge in [-0.3, -0.25) is 0 Å². The Balaban J connectivity index is 0.00000312. The fourth-order valence-electron chi connectivity index (χ4n) is 12.1. The highest BCUT2D eigenvalue weighted by Gasteiger charge is 2.54. The number of likely N-dealkylation sites (tertiary alicyclic amines) is 2. The minimum Gasteiger partial charge on any atom is -1.00 e. The number of halogens is 2. The van der Waals surface area contributed by atoms with Crippen molar-refractivity contribution in [2.75, 3.05) is 91.6 Å². The maximum atomic E-state index is 11.4. The van der Waals surface area contributed by atoms with E-state index in [1.165, 1.54) is 135 Å². The van der Waals surface area contributed by atoms with Gasteiger partial charge in [0.15, 0.2) is 0 Å². The van der Waals surface area contributed by atoms with Crippen LogP contribution in [0.5, 0.6) is 0 Å². The molecule has 5 aliphatic heterocycles. The number of hydrogen-bond acceptors (Lipinski definition) is 4. The third kappa shape index (κ3) is 10.2. The average Bonchev–Trinajstić information content (AvgIpc) is 3.76. The van der Waals surface area contributed by atoms with Crippen LogP contribution in [0.4, 0.5) is 0 Å². The minimum atomic E-state index is -0.902. The van der Waals surface area contributed by atoms with E-state index in [0.717, 1.165) is 49.9 Å². The summed E-state index contributed by atoms with van der Waals surface area (Å²) in [5, 5.41) is 22.8. The van der Waals surface area contributed by atoms with E-state index in [4.69, 9.17) is 0 Å². The van der Waals surface area contributed by atoms with Gasteiger partial charge >= 0.3 is 0 Å². The van der Waals surface area contributed by atoms with Crippen LogP contribution in [-0.2, 0) is 9.59 Å². The molecule has 10 heteroatoms. The lowest BCUT2D eigenvalue weighted by Gasteiger charge is -2.47. The standard InChI is InChI=1S/C38H68N4O4.2ClH/c1-5-9-31-19-39(23-37(43)44)21-33(31)11-13-35-27-42(17-15-41(16-18-42)25-29(7-3)30(8-4)26-41)28-36(35)14-12-34-22-40(24-38(45)46)20-32(34)10-6-2;;/h29-36H,5-28H2,1-4H3;2*1H. The van der Waals surface area contributed by atoms with Crippen molar-refractivity contribution < 1.29 is 63.4 Å². The average molecular weight is 718 g/mol. The Morgan fingerprint density at radius 2 is 0.792 bits per heavy atom. The number of hydrogen-bond donors (Lipinski definition) is 2. The van der Waals surface area contributed by atoms with E-state index < -0.39 is 11.9 Å². The molecule has 5 rings (SSSR count). The second-order valence-electron chi connectivity index (χ2n) is 17.4. The first-order chi connectivity index (χ1) is 22.1. The summed E-state index contributed by atoms with van der Waals surface area (Å²) in [5.41, 5.74) is 0. The van der Waals surface area contributed by atoms with Crippen molar-refractivity contribution in [3.63, 3.8) is 0 Å². The van der Waals surface area contributed by atoms with Crippen LogP contribution in [0.3, 0.4) is 0 Å². The van der Waals surface area contributed by atoms with Gasteiger partial charge in [0, 0.05) is 47.3 Å². The second-order valence-corrected chi connectivity index (χ2v) is 17.4. The summed E-state index contributed by atoms with van der Waals surface area (Å²) in [6, 6.07) is 0. The first-order valence-electron chi connectivity index (χ1n) is 19.9. The SMILES string of the molecule is CCCC1C[NH+](CC(=O)[O-])CC1CCC1C[N+]2(CC[N+]3(CC2)CC(CC)C(CC)C3)CC1CCC1C[NH+](CC(=O)[O-])CC1CCC.[Cl-].[Cl-]. The van der Waals surface area contributed by atoms with Crippen LogP contribution in [0.15, 0.2) is 0 Å². The number of carboxylic acid groups (broad SMARTS) is 2. The third-order valence-corrected chi connectivity index (χ3v) is 14.4. The summed E-state index contributed by atoms with van der Waals surface area (Å²) >= 11 is 0. The van der Waals surface area contributed by atoms with Gasteiger partial charge < -0.3 is 63.4 Å². The van der Waals surface area contributed by atoms with Crippen LogP contribution in [0.25, 0.3) is 0 Å². The van der Waals surface area contributed by atoms with E-state index in [2.05, 4.69) is 27.7 Å². The van der Waals surface area contributed by atoms with E-state index in [0.29, 0.717) is 23.7 Å². The zero-order valence-electron chi connectivity index (χ0n) is 30.9. The molecule has 0 aromatic carbocycles. The van der Waals surface area contributed by atoms with Crippen molar-refractivity contribution >= 4 is 11.9 Å². The lowest BCUT2D eigenvalue weighted by molar-refractivity contribution is -1.02. The number of aliphatic carboxylic acids is 2. The highest BCUT2D eigenvalue weighted by molar-refractivity contribution is 5.65. The molecular formula is C38H70Cl2N4O4. The lowest BCUT2D eigenvalue weighted by Crippen LogP contribution is -3.11. The Kier molecular flexibility index (Phi) is 16.3. The number of carbonyl (C=O) groups is 2. The van der Waals surface area contributed by atoms with Gasteiger partial charge in [0.2, 0.25) is 0 Å². The van der Waals surface area contributed by atoms with Crippen LogP contribution >= 0.6 is 0 Å². The third-order valence-electron chi connectivity index (χ3n) is 14.4. The Labute approximate surface area is 305 Å². The maximum absolute atomic E-state index is 11.4. The number of piperazine rings is 1. The zero-order valence-corrected chi connectivity index (χ0v) is 32.4. The van der Waals surface area contributed by atoms with Crippen LogP contribution in [0.2, 0.25) is 0 Å². The summed E-state index contributed by atoms with van der Waals surface area (Å²) in [7, 11) is 0. The fraction of sp³-hybridized carbons (Fsp3) is 0.947. The molecule has 0 aromatic heterocycles. The first-order valence-corrected chi connectivity index (χ1v) is 19.9. The molecule has 5 aliphatic rings. The Morgan fingerprint density at radius 3 is 1.08 bits per heavy atom. The molecule has 8 nitrogen and oxygen atoms in total. The molecule has 0 amide bonds. The molecule has 280 valence electrons. The molecule has 48 heavy (non-hydrogen) atoms. The van der Waals surface area contributed by atoms with Gasteiger partial charge in [0.1, 0.15) is 39.3 Å². The molecule has 0 aromatic rings. The first kappa shape index (κ1) is 41.8. The van der Waals surface area contributed by atoms with Crippen molar-refractivity contribution in [1.82, 2.24) is 0 Å². The summed E-state index contributed by atoms with van der Waals surface area (Å²) in [4.78, 5) is 25.3. The highest BCUT2D eigenvalue weighted by atomic mass is 35.5. The monoisotopic (exact) mass is 716 g/mol.